The van der Waals surface area contributed by atoms with Crippen molar-refractivity contribution in [3.63, 3.8) is 0 Å². The molecule has 26 heavy (non-hydrogen) atoms. The molecule has 0 fully saturated rings. The molecular weight excluding hydrogens is 369 g/mol. The normalized spacial score (nSPS) is 10.9. The van der Waals surface area contributed by atoms with Crippen molar-refractivity contribution in [2.75, 3.05) is 5.32 Å². The number of carbonyl (C=O) groups excluding carboxylic acids is 1. The second-order valence-corrected chi connectivity index (χ2v) is 7.78. The number of pyridine rings is 1. The van der Waals surface area contributed by atoms with Gasteiger partial charge in [0.2, 0.25) is 0 Å². The Labute approximate surface area is 159 Å². The van der Waals surface area contributed by atoms with Crippen LogP contribution in [0.25, 0.3) is 0 Å². The quantitative estimate of drug-likeness (QED) is 0.580. The van der Waals surface area contributed by atoms with Crippen molar-refractivity contribution in [2.24, 2.45) is 0 Å². The van der Waals surface area contributed by atoms with Crippen LogP contribution in [0.4, 0.5) is 9.52 Å². The van der Waals surface area contributed by atoms with Gasteiger partial charge in [-0.05, 0) is 35.7 Å². The maximum absolute atomic E-state index is 13.0. The monoisotopic (exact) mass is 387 g/mol. The summed E-state index contributed by atoms with van der Waals surface area (Å²) in [7, 11) is 0. The lowest BCUT2D eigenvalue weighted by atomic mass is 10.2. The van der Waals surface area contributed by atoms with E-state index in [1.807, 2.05) is 5.38 Å². The summed E-state index contributed by atoms with van der Waals surface area (Å²) in [5, 5.41) is 6.01. The van der Waals surface area contributed by atoms with Gasteiger partial charge < -0.3 is 0 Å². The van der Waals surface area contributed by atoms with Crippen molar-refractivity contribution in [1.82, 2.24) is 9.97 Å². The Morgan fingerprint density at radius 2 is 2.04 bits per heavy atom. The zero-order chi connectivity index (χ0) is 18.5. The number of thiazole rings is 1. The van der Waals surface area contributed by atoms with E-state index in [1.54, 1.807) is 30.5 Å². The van der Waals surface area contributed by atoms with Crippen LogP contribution in [0.5, 0.6) is 0 Å². The van der Waals surface area contributed by atoms with Crippen LogP contribution in [-0.2, 0) is 5.75 Å². The molecule has 2 aromatic heterocycles. The summed E-state index contributed by atoms with van der Waals surface area (Å²) in [6, 6.07) is 9.79. The molecule has 134 valence electrons. The summed E-state index contributed by atoms with van der Waals surface area (Å²) in [5.74, 6) is 0.425. The second kappa shape index (κ2) is 8.42. The first-order valence-corrected chi connectivity index (χ1v) is 9.98. The minimum atomic E-state index is -0.263. The van der Waals surface area contributed by atoms with Crippen molar-refractivity contribution < 1.29 is 9.18 Å². The third-order valence-electron chi connectivity index (χ3n) is 3.64. The highest BCUT2D eigenvalue weighted by atomic mass is 32.2. The fourth-order valence-corrected chi connectivity index (χ4v) is 4.00. The summed E-state index contributed by atoms with van der Waals surface area (Å²) < 4.78 is 13.0. The standard InChI is InChI=1S/C19H18FN3OS2/c1-12(2)16-11-26-19(22-16)23-17(24)15-4-3-9-21-18(15)25-10-13-5-7-14(20)8-6-13/h3-9,11-12H,10H2,1-2H3,(H,22,23,24). The lowest BCUT2D eigenvalue weighted by molar-refractivity contribution is 0.102. The number of hydrogen-bond donors (Lipinski definition) is 1. The van der Waals surface area contributed by atoms with E-state index < -0.39 is 0 Å². The lowest BCUT2D eigenvalue weighted by Crippen LogP contribution is -2.13. The van der Waals surface area contributed by atoms with Gasteiger partial charge in [-0.3, -0.25) is 10.1 Å². The fourth-order valence-electron chi connectivity index (χ4n) is 2.18. The molecule has 0 radical (unpaired) electrons. The molecule has 1 aromatic carbocycles. The molecule has 0 atom stereocenters. The number of amides is 1. The van der Waals surface area contributed by atoms with Crippen LogP contribution in [0, 0.1) is 5.82 Å². The first-order valence-electron chi connectivity index (χ1n) is 8.12. The van der Waals surface area contributed by atoms with E-state index in [1.165, 1.54) is 35.2 Å². The molecule has 7 heteroatoms. The van der Waals surface area contributed by atoms with Crippen LogP contribution in [0.2, 0.25) is 0 Å². The van der Waals surface area contributed by atoms with Crippen LogP contribution in [0.1, 0.15) is 41.4 Å². The Morgan fingerprint density at radius 3 is 2.73 bits per heavy atom. The zero-order valence-electron chi connectivity index (χ0n) is 14.4. The summed E-state index contributed by atoms with van der Waals surface area (Å²) in [6.07, 6.45) is 1.66. The zero-order valence-corrected chi connectivity index (χ0v) is 16.0. The Hall–Kier alpha value is -2.25. The SMILES string of the molecule is CC(C)c1csc(NC(=O)c2cccnc2SCc2ccc(F)cc2)n1. The van der Waals surface area contributed by atoms with Crippen molar-refractivity contribution in [2.45, 2.75) is 30.5 Å². The Balaban J connectivity index is 1.71. The molecule has 1 N–H and O–H groups in total. The Bertz CT molecular complexity index is 894. The molecule has 0 aliphatic heterocycles. The number of hydrogen-bond acceptors (Lipinski definition) is 5. The van der Waals surface area contributed by atoms with Gasteiger partial charge in [0.25, 0.3) is 5.91 Å². The molecule has 3 aromatic rings. The highest BCUT2D eigenvalue weighted by Gasteiger charge is 2.15. The van der Waals surface area contributed by atoms with Gasteiger partial charge in [-0.2, -0.15) is 0 Å². The summed E-state index contributed by atoms with van der Waals surface area (Å²) in [6.45, 7) is 4.12. The lowest BCUT2D eigenvalue weighted by Gasteiger charge is -2.08. The van der Waals surface area contributed by atoms with Gasteiger partial charge in [-0.1, -0.05) is 26.0 Å². The number of rotatable bonds is 6. The van der Waals surface area contributed by atoms with Crippen molar-refractivity contribution >= 4 is 34.1 Å². The predicted molar refractivity (Wildman–Crippen MR) is 104 cm³/mol. The first-order chi connectivity index (χ1) is 12.5. The van der Waals surface area contributed by atoms with E-state index in [0.717, 1.165) is 11.3 Å². The third kappa shape index (κ3) is 4.68. The molecule has 2 heterocycles. The summed E-state index contributed by atoms with van der Waals surface area (Å²) in [5.41, 5.74) is 2.43. The van der Waals surface area contributed by atoms with Gasteiger partial charge in [-0.25, -0.2) is 14.4 Å². The number of halogens is 1. The van der Waals surface area contributed by atoms with Crippen molar-refractivity contribution in [3.8, 4) is 0 Å². The minimum absolute atomic E-state index is 0.232. The van der Waals surface area contributed by atoms with Crippen LogP contribution < -0.4 is 5.32 Å². The van der Waals surface area contributed by atoms with E-state index in [0.29, 0.717) is 27.4 Å². The Kier molecular flexibility index (Phi) is 6.00. The van der Waals surface area contributed by atoms with Crippen LogP contribution in [0.15, 0.2) is 53.0 Å². The molecule has 0 aliphatic rings. The molecule has 4 nitrogen and oxygen atoms in total. The van der Waals surface area contributed by atoms with Gasteiger partial charge in [0.05, 0.1) is 11.3 Å². The predicted octanol–water partition coefficient (Wildman–Crippen LogP) is 5.35. The molecule has 1 amide bonds. The van der Waals surface area contributed by atoms with Crippen molar-refractivity contribution in [3.05, 3.63) is 70.6 Å². The first kappa shape index (κ1) is 18.5. The summed E-state index contributed by atoms with van der Waals surface area (Å²) in [4.78, 5) is 21.4. The molecule has 0 aliphatic carbocycles. The van der Waals surface area contributed by atoms with E-state index >= 15 is 0 Å². The average molecular weight is 388 g/mol. The number of benzene rings is 1. The highest BCUT2D eigenvalue weighted by Crippen LogP contribution is 2.26. The van der Waals surface area contributed by atoms with Crippen LogP contribution in [-0.4, -0.2) is 15.9 Å². The molecule has 0 saturated carbocycles. The van der Waals surface area contributed by atoms with Gasteiger partial charge >= 0.3 is 0 Å². The molecular formula is C19H18FN3OS2. The number of anilines is 1. The maximum Gasteiger partial charge on any atom is 0.260 e. The third-order valence-corrected chi connectivity index (χ3v) is 5.49. The molecule has 0 spiro atoms. The van der Waals surface area contributed by atoms with Gasteiger partial charge in [-0.15, -0.1) is 23.1 Å². The number of nitrogens with one attached hydrogen (secondary N) is 1. The van der Waals surface area contributed by atoms with E-state index in [4.69, 9.17) is 0 Å². The second-order valence-electron chi connectivity index (χ2n) is 5.96. The number of carbonyl (C=O) groups is 1. The number of aromatic nitrogens is 2. The fraction of sp³-hybridized carbons (Fsp3) is 0.211. The topological polar surface area (TPSA) is 54.9 Å². The molecule has 0 saturated heterocycles. The number of thioether (sulfide) groups is 1. The molecule has 3 rings (SSSR count). The van der Waals surface area contributed by atoms with E-state index in [2.05, 4.69) is 29.1 Å². The average Bonchev–Trinajstić information content (AvgIpc) is 3.10. The van der Waals surface area contributed by atoms with E-state index in [9.17, 15) is 9.18 Å². The van der Waals surface area contributed by atoms with Crippen LogP contribution in [0.3, 0.4) is 0 Å². The molecule has 0 bridgehead atoms. The van der Waals surface area contributed by atoms with Gasteiger partial charge in [0.1, 0.15) is 10.8 Å². The van der Waals surface area contributed by atoms with E-state index in [-0.39, 0.29) is 11.7 Å². The van der Waals surface area contributed by atoms with Gasteiger partial charge in [0, 0.05) is 17.3 Å². The van der Waals surface area contributed by atoms with Crippen molar-refractivity contribution in [1.29, 1.82) is 0 Å². The van der Waals surface area contributed by atoms with Crippen LogP contribution >= 0.6 is 23.1 Å². The summed E-state index contributed by atoms with van der Waals surface area (Å²) >= 11 is 2.86. The minimum Gasteiger partial charge on any atom is -0.298 e. The Morgan fingerprint density at radius 1 is 1.27 bits per heavy atom. The number of nitrogens with zero attached hydrogens (tertiary/aromatic N) is 2. The highest BCUT2D eigenvalue weighted by molar-refractivity contribution is 7.98. The largest absolute Gasteiger partial charge is 0.298 e. The van der Waals surface area contributed by atoms with Gasteiger partial charge in [0.15, 0.2) is 5.13 Å². The molecule has 0 unspecified atom stereocenters. The smallest absolute Gasteiger partial charge is 0.260 e. The maximum atomic E-state index is 13.0.